The van der Waals surface area contributed by atoms with Crippen LogP contribution in [0.5, 0.6) is 0 Å². The van der Waals surface area contributed by atoms with Crippen LogP contribution >= 0.6 is 0 Å². The van der Waals surface area contributed by atoms with Gasteiger partial charge in [-0.05, 0) is 13.3 Å². The first kappa shape index (κ1) is 15.2. The van der Waals surface area contributed by atoms with Crippen molar-refractivity contribution in [3.63, 3.8) is 0 Å². The molecule has 0 fully saturated rings. The molecule has 0 amide bonds. The first-order chi connectivity index (χ1) is 7.93. The lowest BCUT2D eigenvalue weighted by Gasteiger charge is -2.18. The molecule has 0 aliphatic rings. The van der Waals surface area contributed by atoms with Gasteiger partial charge in [-0.1, -0.05) is 13.5 Å². The first-order valence-electron chi connectivity index (χ1n) is 5.16. The van der Waals surface area contributed by atoms with E-state index in [1.165, 1.54) is 6.92 Å². The predicted octanol–water partition coefficient (Wildman–Crippen LogP) is 0.758. The van der Waals surface area contributed by atoms with E-state index in [9.17, 15) is 14.4 Å². The fourth-order valence-electron chi connectivity index (χ4n) is 0.942. The van der Waals surface area contributed by atoms with Crippen LogP contribution in [0.2, 0.25) is 0 Å². The van der Waals surface area contributed by atoms with Gasteiger partial charge in [-0.2, -0.15) is 0 Å². The Morgan fingerprint density at radius 2 is 2.00 bits per heavy atom. The number of esters is 2. The third-order valence-corrected chi connectivity index (χ3v) is 1.93. The zero-order valence-corrected chi connectivity index (χ0v) is 9.84. The molecule has 0 saturated heterocycles. The number of carboxylic acid groups (broad SMARTS) is 1. The maximum absolute atomic E-state index is 11.5. The van der Waals surface area contributed by atoms with Crippen molar-refractivity contribution in [2.75, 3.05) is 6.61 Å². The summed E-state index contributed by atoms with van der Waals surface area (Å²) in [6.07, 6.45) is -0.00572. The predicted molar refractivity (Wildman–Crippen MR) is 58.1 cm³/mol. The zero-order valence-electron chi connectivity index (χ0n) is 9.84. The van der Waals surface area contributed by atoms with Gasteiger partial charge in [-0.15, -0.1) is 0 Å². The summed E-state index contributed by atoms with van der Waals surface area (Å²) in [5.74, 6) is -4.16. The SMILES string of the molecule is C=CC(=O)OC(C(=O)OCCC)C(C)C(=O)O. The van der Waals surface area contributed by atoms with Gasteiger partial charge in [-0.25, -0.2) is 9.59 Å². The van der Waals surface area contributed by atoms with Gasteiger partial charge < -0.3 is 14.6 Å². The number of hydrogen-bond acceptors (Lipinski definition) is 5. The summed E-state index contributed by atoms with van der Waals surface area (Å²) in [5.41, 5.74) is 0. The number of hydrogen-bond donors (Lipinski definition) is 1. The van der Waals surface area contributed by atoms with E-state index in [4.69, 9.17) is 9.84 Å². The van der Waals surface area contributed by atoms with Crippen molar-refractivity contribution in [3.8, 4) is 0 Å². The second kappa shape index (κ2) is 7.43. The molecule has 2 unspecified atom stereocenters. The van der Waals surface area contributed by atoms with Gasteiger partial charge in [0.15, 0.2) is 0 Å². The average Bonchev–Trinajstić information content (AvgIpc) is 2.31. The minimum absolute atomic E-state index is 0.146. The summed E-state index contributed by atoms with van der Waals surface area (Å²) < 4.78 is 9.43. The highest BCUT2D eigenvalue weighted by Gasteiger charge is 2.34. The van der Waals surface area contributed by atoms with Gasteiger partial charge in [0.25, 0.3) is 0 Å². The van der Waals surface area contributed by atoms with Gasteiger partial charge in [-0.3, -0.25) is 4.79 Å². The molecule has 1 N–H and O–H groups in total. The van der Waals surface area contributed by atoms with E-state index in [0.29, 0.717) is 6.42 Å². The molecule has 0 aromatic carbocycles. The Hall–Kier alpha value is -1.85. The minimum Gasteiger partial charge on any atom is -0.481 e. The summed E-state index contributed by atoms with van der Waals surface area (Å²) in [6, 6.07) is 0. The molecule has 0 aliphatic carbocycles. The van der Waals surface area contributed by atoms with Gasteiger partial charge in [0.05, 0.1) is 6.61 Å². The highest BCUT2D eigenvalue weighted by molar-refractivity contribution is 5.88. The van der Waals surface area contributed by atoms with Crippen LogP contribution in [0.1, 0.15) is 20.3 Å². The summed E-state index contributed by atoms with van der Waals surface area (Å²) in [5, 5.41) is 8.79. The zero-order chi connectivity index (χ0) is 13.4. The third kappa shape index (κ3) is 5.14. The molecular formula is C11H16O6. The van der Waals surface area contributed by atoms with Crippen LogP contribution < -0.4 is 0 Å². The Balaban J connectivity index is 4.71. The second-order valence-electron chi connectivity index (χ2n) is 3.36. The van der Waals surface area contributed by atoms with Crippen LogP contribution in [0.15, 0.2) is 12.7 Å². The van der Waals surface area contributed by atoms with Crippen LogP contribution in [0.25, 0.3) is 0 Å². The van der Waals surface area contributed by atoms with Crippen LogP contribution in [-0.4, -0.2) is 35.7 Å². The summed E-state index contributed by atoms with van der Waals surface area (Å²) in [4.78, 5) is 33.3. The molecule has 0 aromatic heterocycles. The summed E-state index contributed by atoms with van der Waals surface area (Å²) in [7, 11) is 0. The van der Waals surface area contributed by atoms with E-state index in [1.807, 2.05) is 0 Å². The van der Waals surface area contributed by atoms with Crippen molar-refractivity contribution in [2.24, 2.45) is 5.92 Å². The first-order valence-corrected chi connectivity index (χ1v) is 5.16. The van der Waals surface area contributed by atoms with Crippen LogP contribution in [0.3, 0.4) is 0 Å². The highest BCUT2D eigenvalue weighted by Crippen LogP contribution is 2.11. The Morgan fingerprint density at radius 1 is 1.41 bits per heavy atom. The van der Waals surface area contributed by atoms with Crippen molar-refractivity contribution in [1.82, 2.24) is 0 Å². The number of rotatable bonds is 7. The molecule has 0 spiro atoms. The number of carbonyl (C=O) groups excluding carboxylic acids is 2. The van der Waals surface area contributed by atoms with Gasteiger partial charge in [0, 0.05) is 6.08 Å². The normalized spacial score (nSPS) is 13.3. The fourth-order valence-corrected chi connectivity index (χ4v) is 0.942. The van der Waals surface area contributed by atoms with E-state index in [-0.39, 0.29) is 6.61 Å². The summed E-state index contributed by atoms with van der Waals surface area (Å²) >= 11 is 0. The van der Waals surface area contributed by atoms with Gasteiger partial charge in [0.1, 0.15) is 5.92 Å². The Morgan fingerprint density at radius 3 is 2.41 bits per heavy atom. The lowest BCUT2D eigenvalue weighted by Crippen LogP contribution is -2.38. The number of ether oxygens (including phenoxy) is 2. The van der Waals surface area contributed by atoms with Crippen molar-refractivity contribution in [2.45, 2.75) is 26.4 Å². The van der Waals surface area contributed by atoms with Crippen LogP contribution in [-0.2, 0) is 23.9 Å². The standard InChI is InChI=1S/C11H16O6/c1-4-6-16-11(15)9(7(3)10(13)14)17-8(12)5-2/h5,7,9H,2,4,6H2,1,3H3,(H,13,14). The Labute approximate surface area is 99.2 Å². The smallest absolute Gasteiger partial charge is 0.348 e. The topological polar surface area (TPSA) is 89.9 Å². The molecule has 0 heterocycles. The minimum atomic E-state index is -1.45. The Bertz CT molecular complexity index is 309. The second-order valence-corrected chi connectivity index (χ2v) is 3.36. The third-order valence-electron chi connectivity index (χ3n) is 1.93. The monoisotopic (exact) mass is 244 g/mol. The maximum Gasteiger partial charge on any atom is 0.348 e. The van der Waals surface area contributed by atoms with E-state index >= 15 is 0 Å². The molecule has 6 heteroatoms. The number of carboxylic acids is 1. The molecular weight excluding hydrogens is 228 g/mol. The molecule has 6 nitrogen and oxygen atoms in total. The quantitative estimate of drug-likeness (QED) is 0.525. The van der Waals surface area contributed by atoms with E-state index in [1.54, 1.807) is 6.92 Å². The molecule has 0 rings (SSSR count). The fraction of sp³-hybridized carbons (Fsp3) is 0.545. The van der Waals surface area contributed by atoms with Crippen molar-refractivity contribution in [1.29, 1.82) is 0 Å². The lowest BCUT2D eigenvalue weighted by atomic mass is 10.1. The largest absolute Gasteiger partial charge is 0.481 e. The van der Waals surface area contributed by atoms with Crippen molar-refractivity contribution in [3.05, 3.63) is 12.7 Å². The van der Waals surface area contributed by atoms with Crippen LogP contribution in [0, 0.1) is 5.92 Å². The molecule has 17 heavy (non-hydrogen) atoms. The van der Waals surface area contributed by atoms with E-state index in [0.717, 1.165) is 6.08 Å². The summed E-state index contributed by atoms with van der Waals surface area (Å²) in [6.45, 7) is 6.36. The maximum atomic E-state index is 11.5. The molecule has 0 saturated carbocycles. The molecule has 0 radical (unpaired) electrons. The van der Waals surface area contributed by atoms with Crippen LogP contribution in [0.4, 0.5) is 0 Å². The lowest BCUT2D eigenvalue weighted by molar-refractivity contribution is -0.173. The molecule has 0 aromatic rings. The van der Waals surface area contributed by atoms with Crippen molar-refractivity contribution >= 4 is 17.9 Å². The number of aliphatic carboxylic acids is 1. The molecule has 96 valence electrons. The van der Waals surface area contributed by atoms with Gasteiger partial charge >= 0.3 is 17.9 Å². The van der Waals surface area contributed by atoms with E-state index in [2.05, 4.69) is 11.3 Å². The van der Waals surface area contributed by atoms with E-state index < -0.39 is 29.9 Å². The number of carbonyl (C=O) groups is 3. The average molecular weight is 244 g/mol. The molecule has 2 atom stereocenters. The molecule has 0 bridgehead atoms. The van der Waals surface area contributed by atoms with Gasteiger partial charge in [0.2, 0.25) is 6.10 Å². The highest BCUT2D eigenvalue weighted by atomic mass is 16.6. The van der Waals surface area contributed by atoms with Crippen molar-refractivity contribution < 1.29 is 29.0 Å². The Kier molecular flexibility index (Phi) is 6.62. The molecule has 0 aliphatic heterocycles.